The van der Waals surface area contributed by atoms with E-state index in [0.717, 1.165) is 43.9 Å². The maximum absolute atomic E-state index is 12.2. The van der Waals surface area contributed by atoms with Crippen LogP contribution >= 0.6 is 0 Å². The molecule has 1 aromatic rings. The minimum atomic E-state index is -4.82. The molecule has 4 N–H and O–H groups in total. The molecule has 0 aromatic heterocycles. The van der Waals surface area contributed by atoms with Gasteiger partial charge in [0.05, 0.1) is 12.1 Å². The van der Waals surface area contributed by atoms with E-state index in [2.05, 4.69) is 4.74 Å². The SMILES string of the molecule is N[C@H](c1cc(OC(F)(F)F)ccc1O)[C@@H](O)C1CCCC1. The zero-order valence-corrected chi connectivity index (χ0v) is 11.3. The molecule has 1 aliphatic rings. The van der Waals surface area contributed by atoms with Crippen molar-refractivity contribution in [1.29, 1.82) is 0 Å². The third-order valence-corrected chi connectivity index (χ3v) is 3.84. The lowest BCUT2D eigenvalue weighted by molar-refractivity contribution is -0.274. The first-order valence-corrected chi connectivity index (χ1v) is 6.80. The van der Waals surface area contributed by atoms with Crippen LogP contribution in [-0.2, 0) is 0 Å². The summed E-state index contributed by atoms with van der Waals surface area (Å²) >= 11 is 0. The molecular formula is C14H18F3NO3. The van der Waals surface area contributed by atoms with Gasteiger partial charge in [-0.15, -0.1) is 13.2 Å². The van der Waals surface area contributed by atoms with Crippen molar-refractivity contribution < 1.29 is 28.1 Å². The van der Waals surface area contributed by atoms with E-state index in [0.29, 0.717) is 0 Å². The van der Waals surface area contributed by atoms with Crippen molar-refractivity contribution in [3.05, 3.63) is 23.8 Å². The Labute approximate surface area is 120 Å². The largest absolute Gasteiger partial charge is 0.573 e. The molecule has 7 heteroatoms. The molecule has 0 saturated heterocycles. The molecule has 0 unspecified atom stereocenters. The number of halogens is 3. The van der Waals surface area contributed by atoms with E-state index < -0.39 is 24.3 Å². The number of alkyl halides is 3. The van der Waals surface area contributed by atoms with Crippen LogP contribution in [0.25, 0.3) is 0 Å². The molecule has 1 aliphatic carbocycles. The van der Waals surface area contributed by atoms with Crippen LogP contribution in [0.5, 0.6) is 11.5 Å². The number of nitrogens with two attached hydrogens (primary N) is 1. The highest BCUT2D eigenvalue weighted by Gasteiger charge is 2.33. The van der Waals surface area contributed by atoms with Crippen molar-refractivity contribution in [3.63, 3.8) is 0 Å². The smallest absolute Gasteiger partial charge is 0.508 e. The molecule has 0 bridgehead atoms. The summed E-state index contributed by atoms with van der Waals surface area (Å²) < 4.78 is 40.4. The lowest BCUT2D eigenvalue weighted by Crippen LogP contribution is -2.32. The molecule has 0 aliphatic heterocycles. The maximum Gasteiger partial charge on any atom is 0.573 e. The van der Waals surface area contributed by atoms with Gasteiger partial charge in [0.15, 0.2) is 0 Å². The lowest BCUT2D eigenvalue weighted by Gasteiger charge is -2.25. The molecule has 4 nitrogen and oxygen atoms in total. The fraction of sp³-hybridized carbons (Fsp3) is 0.571. The first-order chi connectivity index (χ1) is 9.78. The van der Waals surface area contributed by atoms with Crippen molar-refractivity contribution in [3.8, 4) is 11.5 Å². The Morgan fingerprint density at radius 3 is 2.43 bits per heavy atom. The van der Waals surface area contributed by atoms with Crippen LogP contribution in [0.1, 0.15) is 37.3 Å². The number of rotatable bonds is 4. The van der Waals surface area contributed by atoms with Crippen molar-refractivity contribution in [2.75, 3.05) is 0 Å². The zero-order valence-electron chi connectivity index (χ0n) is 11.3. The summed E-state index contributed by atoms with van der Waals surface area (Å²) in [7, 11) is 0. The number of phenolic OH excluding ortho intramolecular Hbond substituents is 1. The van der Waals surface area contributed by atoms with Gasteiger partial charge in [0.2, 0.25) is 0 Å². The summed E-state index contributed by atoms with van der Waals surface area (Å²) in [5.74, 6) is -0.718. The zero-order chi connectivity index (χ0) is 15.6. The van der Waals surface area contributed by atoms with Crippen LogP contribution in [0.2, 0.25) is 0 Å². The maximum atomic E-state index is 12.2. The van der Waals surface area contributed by atoms with Crippen molar-refractivity contribution >= 4 is 0 Å². The van der Waals surface area contributed by atoms with Crippen molar-refractivity contribution in [2.45, 2.75) is 44.2 Å². The predicted octanol–water partition coefficient (Wildman–Crippen LogP) is 2.84. The van der Waals surface area contributed by atoms with Crippen LogP contribution in [0.3, 0.4) is 0 Å². The molecule has 1 aromatic carbocycles. The Bertz CT molecular complexity index is 487. The number of benzene rings is 1. The highest BCUT2D eigenvalue weighted by Crippen LogP contribution is 2.36. The summed E-state index contributed by atoms with van der Waals surface area (Å²) in [6.45, 7) is 0. The summed E-state index contributed by atoms with van der Waals surface area (Å²) in [5.41, 5.74) is 5.96. The number of aromatic hydroxyl groups is 1. The first kappa shape index (κ1) is 15.9. The molecule has 0 spiro atoms. The second-order valence-corrected chi connectivity index (χ2v) is 5.33. The van der Waals surface area contributed by atoms with E-state index in [-0.39, 0.29) is 17.2 Å². The van der Waals surface area contributed by atoms with E-state index >= 15 is 0 Å². The van der Waals surface area contributed by atoms with Crippen LogP contribution in [-0.4, -0.2) is 22.7 Å². The Balaban J connectivity index is 2.18. The standard InChI is InChI=1S/C14H18F3NO3/c15-14(16,17)21-9-5-6-11(19)10(7-9)12(18)13(20)8-3-1-2-4-8/h5-8,12-13,19-20H,1-4,18H2/t12-,13+/m1/s1. The fourth-order valence-corrected chi connectivity index (χ4v) is 2.77. The molecular weight excluding hydrogens is 287 g/mol. The summed E-state index contributed by atoms with van der Waals surface area (Å²) in [4.78, 5) is 0. The average molecular weight is 305 g/mol. The fourth-order valence-electron chi connectivity index (χ4n) is 2.77. The van der Waals surface area contributed by atoms with Crippen LogP contribution < -0.4 is 10.5 Å². The van der Waals surface area contributed by atoms with Gasteiger partial charge in [-0.3, -0.25) is 0 Å². The molecule has 21 heavy (non-hydrogen) atoms. The van der Waals surface area contributed by atoms with Gasteiger partial charge < -0.3 is 20.7 Å². The van der Waals surface area contributed by atoms with Gasteiger partial charge in [-0.2, -0.15) is 0 Å². The summed E-state index contributed by atoms with van der Waals surface area (Å²) in [6, 6.07) is 2.15. The van der Waals surface area contributed by atoms with Crippen molar-refractivity contribution in [2.24, 2.45) is 11.7 Å². The van der Waals surface area contributed by atoms with Gasteiger partial charge in [-0.25, -0.2) is 0 Å². The van der Waals surface area contributed by atoms with Crippen molar-refractivity contribution in [1.82, 2.24) is 0 Å². The second-order valence-electron chi connectivity index (χ2n) is 5.33. The van der Waals surface area contributed by atoms with Gasteiger partial charge >= 0.3 is 6.36 Å². The third kappa shape index (κ3) is 4.01. The van der Waals surface area contributed by atoms with E-state index in [1.54, 1.807) is 0 Å². The minimum Gasteiger partial charge on any atom is -0.508 e. The molecule has 0 amide bonds. The number of hydrogen-bond donors (Lipinski definition) is 3. The number of hydrogen-bond acceptors (Lipinski definition) is 4. The lowest BCUT2D eigenvalue weighted by atomic mass is 9.90. The molecule has 2 rings (SSSR count). The van der Waals surface area contributed by atoms with E-state index in [9.17, 15) is 23.4 Å². The average Bonchev–Trinajstić information content (AvgIpc) is 2.91. The molecule has 2 atom stereocenters. The molecule has 0 heterocycles. The van der Waals surface area contributed by atoms with Gasteiger partial charge in [0.1, 0.15) is 11.5 Å². The van der Waals surface area contributed by atoms with Crippen LogP contribution in [0.15, 0.2) is 18.2 Å². The number of ether oxygens (including phenoxy) is 1. The monoisotopic (exact) mass is 305 g/mol. The highest BCUT2D eigenvalue weighted by molar-refractivity contribution is 5.41. The molecule has 1 saturated carbocycles. The quantitative estimate of drug-likeness (QED) is 0.799. The summed E-state index contributed by atoms with van der Waals surface area (Å²) in [5, 5.41) is 20.0. The number of aliphatic hydroxyl groups excluding tert-OH is 1. The predicted molar refractivity (Wildman–Crippen MR) is 69.7 cm³/mol. The number of phenols is 1. The van der Waals surface area contributed by atoms with E-state index in [1.165, 1.54) is 0 Å². The second kappa shape index (κ2) is 6.11. The van der Waals surface area contributed by atoms with Crippen LogP contribution in [0, 0.1) is 5.92 Å². The Kier molecular flexibility index (Phi) is 4.63. The summed E-state index contributed by atoms with van der Waals surface area (Å²) in [6.07, 6.45) is -2.07. The Morgan fingerprint density at radius 2 is 1.86 bits per heavy atom. The normalized spacial score (nSPS) is 19.5. The highest BCUT2D eigenvalue weighted by atomic mass is 19.4. The van der Waals surface area contributed by atoms with Gasteiger partial charge in [-0.05, 0) is 37.0 Å². The topological polar surface area (TPSA) is 75.7 Å². The van der Waals surface area contributed by atoms with Gasteiger partial charge in [0.25, 0.3) is 0 Å². The van der Waals surface area contributed by atoms with E-state index in [1.807, 2.05) is 0 Å². The Hall–Kier alpha value is -1.47. The van der Waals surface area contributed by atoms with E-state index in [4.69, 9.17) is 5.73 Å². The molecule has 1 fully saturated rings. The molecule has 118 valence electrons. The first-order valence-electron chi connectivity index (χ1n) is 6.80. The van der Waals surface area contributed by atoms with Gasteiger partial charge in [-0.1, -0.05) is 12.8 Å². The van der Waals surface area contributed by atoms with Crippen LogP contribution in [0.4, 0.5) is 13.2 Å². The minimum absolute atomic E-state index is 0.00610. The van der Waals surface area contributed by atoms with Gasteiger partial charge in [0, 0.05) is 5.56 Å². The number of aliphatic hydroxyl groups is 1. The third-order valence-electron chi connectivity index (χ3n) is 3.84. The Morgan fingerprint density at radius 1 is 1.24 bits per heavy atom. The molecule has 0 radical (unpaired) electrons.